The normalized spacial score (nSPS) is 6.15. The Morgan fingerprint density at radius 3 is 1.00 bits per heavy atom. The van der Waals surface area contributed by atoms with Gasteiger partial charge in [-0.1, -0.05) is 79.7 Å². The van der Waals surface area contributed by atoms with Crippen molar-refractivity contribution in [2.45, 2.75) is 76.2 Å². The fourth-order valence-electron chi connectivity index (χ4n) is 0.663. The van der Waals surface area contributed by atoms with Crippen molar-refractivity contribution in [1.29, 1.82) is 0 Å². The summed E-state index contributed by atoms with van der Waals surface area (Å²) in [5.74, 6) is -0.833. The lowest BCUT2D eigenvalue weighted by Crippen LogP contribution is -1.78. The van der Waals surface area contributed by atoms with Gasteiger partial charge in [0.05, 0.1) is 0 Å². The van der Waals surface area contributed by atoms with Crippen LogP contribution in [0, 0.1) is 13.8 Å². The van der Waals surface area contributed by atoms with Crippen molar-refractivity contribution in [3.63, 3.8) is 0 Å². The van der Waals surface area contributed by atoms with Crippen LogP contribution in [0.25, 0.3) is 0 Å². The van der Waals surface area contributed by atoms with Crippen molar-refractivity contribution in [2.24, 2.45) is 0 Å². The van der Waals surface area contributed by atoms with Gasteiger partial charge < -0.3 is 5.11 Å². The van der Waals surface area contributed by atoms with Gasteiger partial charge in [0.15, 0.2) is 0 Å². The van der Waals surface area contributed by atoms with Crippen LogP contribution >= 0.6 is 0 Å². The quantitative estimate of drug-likeness (QED) is 0.591. The SMILES string of the molecule is CC.CC.CC.CC.CC(=O)O.Cc1ccccc1C. The van der Waals surface area contributed by atoms with E-state index in [1.165, 1.54) is 11.1 Å². The number of aliphatic carboxylic acids is 1. The lowest BCUT2D eigenvalue weighted by molar-refractivity contribution is -0.134. The summed E-state index contributed by atoms with van der Waals surface area (Å²) in [5.41, 5.74) is 2.74. The number of carboxylic acids is 1. The molecule has 0 unspecified atom stereocenters. The lowest BCUT2D eigenvalue weighted by atomic mass is 10.1. The molecule has 0 radical (unpaired) electrons. The molecule has 0 saturated heterocycles. The number of carboxylic acid groups (broad SMARTS) is 1. The number of hydrogen-bond donors (Lipinski definition) is 1. The minimum absolute atomic E-state index is 0.833. The first kappa shape index (κ1) is 31.2. The van der Waals surface area contributed by atoms with Gasteiger partial charge in [0.25, 0.3) is 5.97 Å². The predicted octanol–water partition coefficient (Wildman–Crippen LogP) is 6.50. The minimum atomic E-state index is -0.833. The molecule has 2 nitrogen and oxygen atoms in total. The van der Waals surface area contributed by atoms with Gasteiger partial charge in [0, 0.05) is 6.92 Å². The zero-order valence-corrected chi connectivity index (χ0v) is 15.7. The number of benzene rings is 1. The fraction of sp³-hybridized carbons (Fsp3) is 0.611. The topological polar surface area (TPSA) is 37.3 Å². The molecule has 1 aromatic carbocycles. The van der Waals surface area contributed by atoms with Gasteiger partial charge in [0.2, 0.25) is 0 Å². The van der Waals surface area contributed by atoms with E-state index in [1.54, 1.807) is 0 Å². The van der Waals surface area contributed by atoms with Crippen molar-refractivity contribution in [3.05, 3.63) is 35.4 Å². The Balaban J connectivity index is -0.0000000538. The Hall–Kier alpha value is -1.31. The second kappa shape index (κ2) is 36.1. The third-order valence-electron chi connectivity index (χ3n) is 1.43. The Kier molecular flexibility index (Phi) is 56.3. The third-order valence-corrected chi connectivity index (χ3v) is 1.43. The molecule has 0 heterocycles. The number of carbonyl (C=O) groups is 1. The Morgan fingerprint density at radius 1 is 0.750 bits per heavy atom. The maximum Gasteiger partial charge on any atom is 0.300 e. The van der Waals surface area contributed by atoms with Gasteiger partial charge in [-0.2, -0.15) is 0 Å². The average Bonchev–Trinajstić information content (AvgIpc) is 2.50. The first-order chi connectivity index (χ1) is 9.54. The molecule has 20 heavy (non-hydrogen) atoms. The zero-order chi connectivity index (χ0) is 17.6. The molecule has 122 valence electrons. The van der Waals surface area contributed by atoms with Crippen LogP contribution in [-0.2, 0) is 4.79 Å². The van der Waals surface area contributed by atoms with E-state index in [-0.39, 0.29) is 0 Å². The molecule has 1 N–H and O–H groups in total. The van der Waals surface area contributed by atoms with Crippen molar-refractivity contribution in [2.75, 3.05) is 0 Å². The van der Waals surface area contributed by atoms with Crippen LogP contribution in [0.4, 0.5) is 0 Å². The molecule has 0 aliphatic heterocycles. The lowest BCUT2D eigenvalue weighted by Gasteiger charge is -1.93. The molecule has 0 spiro atoms. The highest BCUT2D eigenvalue weighted by Crippen LogP contribution is 2.02. The monoisotopic (exact) mass is 286 g/mol. The molecular weight excluding hydrogens is 248 g/mol. The Bertz CT molecular complexity index is 230. The van der Waals surface area contributed by atoms with Crippen LogP contribution in [0.5, 0.6) is 0 Å². The van der Waals surface area contributed by atoms with E-state index >= 15 is 0 Å². The molecule has 0 bridgehead atoms. The number of rotatable bonds is 0. The molecule has 2 heteroatoms. The molecule has 0 amide bonds. The third kappa shape index (κ3) is 43.8. The van der Waals surface area contributed by atoms with Crippen LogP contribution in [0.2, 0.25) is 0 Å². The van der Waals surface area contributed by atoms with Crippen LogP contribution in [0.1, 0.15) is 73.4 Å². The van der Waals surface area contributed by atoms with Crippen LogP contribution in [-0.4, -0.2) is 11.1 Å². The van der Waals surface area contributed by atoms with E-state index in [9.17, 15) is 0 Å². The molecule has 0 aliphatic rings. The highest BCUT2D eigenvalue weighted by molar-refractivity contribution is 5.62. The molecule has 0 fully saturated rings. The Morgan fingerprint density at radius 2 is 0.900 bits per heavy atom. The van der Waals surface area contributed by atoms with E-state index in [2.05, 4.69) is 38.1 Å². The first-order valence-corrected chi connectivity index (χ1v) is 7.76. The second-order valence-electron chi connectivity index (χ2n) is 2.60. The summed E-state index contributed by atoms with van der Waals surface area (Å²) in [7, 11) is 0. The first-order valence-electron chi connectivity index (χ1n) is 7.76. The molecule has 1 rings (SSSR count). The standard InChI is InChI=1S/C8H10.C2H4O2.4C2H6/c1-7-5-3-4-6-8(7)2;1-2(3)4;4*1-2/h3-6H,1-2H3;1H3,(H,3,4);4*1-2H3. The maximum atomic E-state index is 9.00. The summed E-state index contributed by atoms with van der Waals surface area (Å²) in [6.45, 7) is 21.3. The van der Waals surface area contributed by atoms with E-state index in [0.29, 0.717) is 0 Å². The van der Waals surface area contributed by atoms with E-state index < -0.39 is 5.97 Å². The molecule has 0 saturated carbocycles. The van der Waals surface area contributed by atoms with Gasteiger partial charge >= 0.3 is 0 Å². The van der Waals surface area contributed by atoms with Crippen molar-refractivity contribution in [1.82, 2.24) is 0 Å². The van der Waals surface area contributed by atoms with E-state index in [4.69, 9.17) is 9.90 Å². The van der Waals surface area contributed by atoms with Gasteiger partial charge in [0.1, 0.15) is 0 Å². The van der Waals surface area contributed by atoms with Crippen LogP contribution in [0.3, 0.4) is 0 Å². The molecule has 0 aromatic heterocycles. The number of hydrogen-bond acceptors (Lipinski definition) is 1. The minimum Gasteiger partial charge on any atom is -0.481 e. The average molecular weight is 287 g/mol. The highest BCUT2D eigenvalue weighted by Gasteiger charge is 1.83. The van der Waals surface area contributed by atoms with E-state index in [0.717, 1.165) is 6.92 Å². The summed E-state index contributed by atoms with van der Waals surface area (Å²) in [5, 5.41) is 7.42. The van der Waals surface area contributed by atoms with Gasteiger partial charge in [-0.05, 0) is 25.0 Å². The summed E-state index contributed by atoms with van der Waals surface area (Å²) < 4.78 is 0. The van der Waals surface area contributed by atoms with Gasteiger partial charge in [-0.3, -0.25) is 4.79 Å². The summed E-state index contributed by atoms with van der Waals surface area (Å²) in [6, 6.07) is 8.36. The highest BCUT2D eigenvalue weighted by atomic mass is 16.4. The molecule has 1 aromatic rings. The number of aryl methyl sites for hydroxylation is 2. The molecular formula is C18H38O2. The van der Waals surface area contributed by atoms with E-state index in [1.807, 2.05) is 55.4 Å². The van der Waals surface area contributed by atoms with Crippen LogP contribution < -0.4 is 0 Å². The largest absolute Gasteiger partial charge is 0.481 e. The summed E-state index contributed by atoms with van der Waals surface area (Å²) in [6.07, 6.45) is 0. The summed E-state index contributed by atoms with van der Waals surface area (Å²) >= 11 is 0. The van der Waals surface area contributed by atoms with Gasteiger partial charge in [-0.25, -0.2) is 0 Å². The van der Waals surface area contributed by atoms with Crippen LogP contribution in [0.15, 0.2) is 24.3 Å². The zero-order valence-electron chi connectivity index (χ0n) is 15.7. The Labute approximate surface area is 128 Å². The van der Waals surface area contributed by atoms with Crippen molar-refractivity contribution < 1.29 is 9.90 Å². The van der Waals surface area contributed by atoms with Gasteiger partial charge in [-0.15, -0.1) is 0 Å². The molecule has 0 atom stereocenters. The fourth-order valence-corrected chi connectivity index (χ4v) is 0.663. The summed E-state index contributed by atoms with van der Waals surface area (Å²) in [4.78, 5) is 9.00. The maximum absolute atomic E-state index is 9.00. The predicted molar refractivity (Wildman–Crippen MR) is 94.6 cm³/mol. The van der Waals surface area contributed by atoms with Crippen molar-refractivity contribution >= 4 is 5.97 Å². The second-order valence-corrected chi connectivity index (χ2v) is 2.60. The molecule has 0 aliphatic carbocycles. The smallest absolute Gasteiger partial charge is 0.300 e. The van der Waals surface area contributed by atoms with Crippen molar-refractivity contribution in [3.8, 4) is 0 Å².